The number of rotatable bonds is 7. The Kier molecular flexibility index (Phi) is 5.56. The lowest BCUT2D eigenvalue weighted by molar-refractivity contribution is -0.170. The zero-order chi connectivity index (χ0) is 18.0. The Morgan fingerprint density at radius 1 is 1.33 bits per heavy atom. The first-order valence-electron chi connectivity index (χ1n) is 8.65. The molecule has 1 saturated carbocycles. The summed E-state index contributed by atoms with van der Waals surface area (Å²) in [4.78, 5) is 12.6. The molecule has 1 aromatic carbocycles. The first-order valence-corrected chi connectivity index (χ1v) is 8.65. The Hall–Kier alpha value is -1.59. The van der Waals surface area contributed by atoms with Crippen LogP contribution >= 0.6 is 0 Å². The number of hydrogen-bond donors (Lipinski definition) is 2. The van der Waals surface area contributed by atoms with Gasteiger partial charge in [-0.1, -0.05) is 26.0 Å². The van der Waals surface area contributed by atoms with Crippen LogP contribution in [0, 0.1) is 5.41 Å². The van der Waals surface area contributed by atoms with Gasteiger partial charge in [-0.2, -0.15) is 0 Å². The molecule has 2 atom stereocenters. The molecule has 0 saturated heterocycles. The van der Waals surface area contributed by atoms with Crippen molar-refractivity contribution in [1.82, 2.24) is 5.32 Å². The van der Waals surface area contributed by atoms with E-state index in [2.05, 4.69) is 5.32 Å². The highest BCUT2D eigenvalue weighted by atomic mass is 16.5. The third-order valence-corrected chi connectivity index (χ3v) is 4.98. The van der Waals surface area contributed by atoms with Gasteiger partial charge in [0.15, 0.2) is 0 Å². The summed E-state index contributed by atoms with van der Waals surface area (Å²) in [5, 5.41) is 2.96. The molecule has 0 aromatic heterocycles. The fourth-order valence-corrected chi connectivity index (χ4v) is 3.12. The predicted octanol–water partition coefficient (Wildman–Crippen LogP) is 2.62. The van der Waals surface area contributed by atoms with Crippen molar-refractivity contribution >= 4 is 5.91 Å². The summed E-state index contributed by atoms with van der Waals surface area (Å²) in [6, 6.07) is 7.74. The van der Waals surface area contributed by atoms with Crippen LogP contribution in [-0.4, -0.2) is 30.3 Å². The Bertz CT molecular complexity index is 568. The van der Waals surface area contributed by atoms with Crippen molar-refractivity contribution in [1.29, 1.82) is 0 Å². The second-order valence-electron chi connectivity index (χ2n) is 7.33. The monoisotopic (exact) mass is 334 g/mol. The van der Waals surface area contributed by atoms with Crippen molar-refractivity contribution in [3.63, 3.8) is 0 Å². The topological polar surface area (TPSA) is 73.6 Å². The molecule has 0 heterocycles. The standard InChI is InChI=1S/C19H30N2O3/c1-6-23-16-11-19(20,18(16,4)5)17(22)21-12-14-7-9-15(10-8-14)24-13(2)3/h7-10,13,16H,6,11-12,20H2,1-5H3,(H,21,22). The maximum Gasteiger partial charge on any atom is 0.241 e. The minimum absolute atomic E-state index is 0.0331. The molecule has 5 nitrogen and oxygen atoms in total. The molecule has 0 radical (unpaired) electrons. The molecule has 134 valence electrons. The third-order valence-electron chi connectivity index (χ3n) is 4.98. The average Bonchev–Trinajstić information content (AvgIpc) is 2.53. The van der Waals surface area contributed by atoms with Gasteiger partial charge in [0.05, 0.1) is 12.2 Å². The van der Waals surface area contributed by atoms with Crippen LogP contribution in [0.3, 0.4) is 0 Å². The van der Waals surface area contributed by atoms with Gasteiger partial charge in [-0.05, 0) is 38.5 Å². The van der Waals surface area contributed by atoms with Crippen molar-refractivity contribution in [3.05, 3.63) is 29.8 Å². The van der Waals surface area contributed by atoms with E-state index in [0.29, 0.717) is 19.6 Å². The second-order valence-corrected chi connectivity index (χ2v) is 7.33. The van der Waals surface area contributed by atoms with Crippen molar-refractivity contribution < 1.29 is 14.3 Å². The summed E-state index contributed by atoms with van der Waals surface area (Å²) in [5.41, 5.74) is 6.14. The molecular formula is C19H30N2O3. The molecular weight excluding hydrogens is 304 g/mol. The number of nitrogens with one attached hydrogen (secondary N) is 1. The van der Waals surface area contributed by atoms with Gasteiger partial charge in [-0.15, -0.1) is 0 Å². The Morgan fingerprint density at radius 2 is 1.96 bits per heavy atom. The Balaban J connectivity index is 1.91. The SMILES string of the molecule is CCOC1CC(N)(C(=O)NCc2ccc(OC(C)C)cc2)C1(C)C. The Morgan fingerprint density at radius 3 is 2.46 bits per heavy atom. The molecule has 2 rings (SSSR count). The molecule has 1 aliphatic rings. The molecule has 24 heavy (non-hydrogen) atoms. The molecule has 1 aliphatic carbocycles. The zero-order valence-corrected chi connectivity index (χ0v) is 15.4. The van der Waals surface area contributed by atoms with Crippen LogP contribution in [0.4, 0.5) is 0 Å². The van der Waals surface area contributed by atoms with Crippen LogP contribution < -0.4 is 15.8 Å². The lowest BCUT2D eigenvalue weighted by Crippen LogP contribution is -2.75. The van der Waals surface area contributed by atoms with E-state index in [1.54, 1.807) is 0 Å². The van der Waals surface area contributed by atoms with Gasteiger partial charge < -0.3 is 20.5 Å². The van der Waals surface area contributed by atoms with Gasteiger partial charge in [-0.3, -0.25) is 4.79 Å². The van der Waals surface area contributed by atoms with Crippen LogP contribution in [-0.2, 0) is 16.1 Å². The van der Waals surface area contributed by atoms with E-state index >= 15 is 0 Å². The minimum Gasteiger partial charge on any atom is -0.491 e. The van der Waals surface area contributed by atoms with Crippen molar-refractivity contribution in [2.45, 2.75) is 65.3 Å². The lowest BCUT2D eigenvalue weighted by atomic mass is 9.54. The van der Waals surface area contributed by atoms with E-state index in [9.17, 15) is 4.79 Å². The van der Waals surface area contributed by atoms with E-state index in [0.717, 1.165) is 11.3 Å². The van der Waals surface area contributed by atoms with Crippen LogP contribution in [0.25, 0.3) is 0 Å². The summed E-state index contributed by atoms with van der Waals surface area (Å²) in [7, 11) is 0. The van der Waals surface area contributed by atoms with Crippen molar-refractivity contribution in [2.24, 2.45) is 11.1 Å². The average molecular weight is 334 g/mol. The third kappa shape index (κ3) is 3.57. The molecule has 3 N–H and O–H groups in total. The molecule has 0 spiro atoms. The maximum atomic E-state index is 12.6. The second kappa shape index (κ2) is 7.11. The van der Waals surface area contributed by atoms with E-state index in [1.807, 2.05) is 58.9 Å². The molecule has 1 aromatic rings. The fourth-order valence-electron chi connectivity index (χ4n) is 3.12. The van der Waals surface area contributed by atoms with Gasteiger partial charge >= 0.3 is 0 Å². The number of amides is 1. The Labute approximate surface area is 144 Å². The first-order chi connectivity index (χ1) is 11.2. The molecule has 0 bridgehead atoms. The van der Waals surface area contributed by atoms with Crippen LogP contribution in [0.2, 0.25) is 0 Å². The van der Waals surface area contributed by atoms with Gasteiger partial charge in [0.25, 0.3) is 0 Å². The summed E-state index contributed by atoms with van der Waals surface area (Å²) < 4.78 is 11.3. The van der Waals surface area contributed by atoms with E-state index in [-0.39, 0.29) is 23.5 Å². The highest BCUT2D eigenvalue weighted by Crippen LogP contribution is 2.49. The van der Waals surface area contributed by atoms with Gasteiger partial charge in [0.1, 0.15) is 11.3 Å². The van der Waals surface area contributed by atoms with E-state index < -0.39 is 5.54 Å². The van der Waals surface area contributed by atoms with Gasteiger partial charge in [0.2, 0.25) is 5.91 Å². The highest BCUT2D eigenvalue weighted by Gasteiger charge is 2.62. The normalized spacial score (nSPS) is 25.2. The van der Waals surface area contributed by atoms with Gasteiger partial charge in [0, 0.05) is 25.0 Å². The fraction of sp³-hybridized carbons (Fsp3) is 0.632. The minimum atomic E-state index is -0.881. The number of nitrogens with two attached hydrogens (primary N) is 1. The zero-order valence-electron chi connectivity index (χ0n) is 15.4. The maximum absolute atomic E-state index is 12.6. The molecule has 2 unspecified atom stereocenters. The van der Waals surface area contributed by atoms with Crippen LogP contribution in [0.15, 0.2) is 24.3 Å². The number of carbonyl (C=O) groups excluding carboxylic acids is 1. The largest absolute Gasteiger partial charge is 0.491 e. The van der Waals surface area contributed by atoms with Gasteiger partial charge in [-0.25, -0.2) is 0 Å². The number of ether oxygens (including phenoxy) is 2. The molecule has 1 amide bonds. The number of carbonyl (C=O) groups is 1. The van der Waals surface area contributed by atoms with E-state index in [1.165, 1.54) is 0 Å². The molecule has 0 aliphatic heterocycles. The summed E-state index contributed by atoms with van der Waals surface area (Å²) >= 11 is 0. The van der Waals surface area contributed by atoms with Crippen LogP contribution in [0.1, 0.15) is 46.6 Å². The molecule has 5 heteroatoms. The summed E-state index contributed by atoms with van der Waals surface area (Å²) in [5.74, 6) is 0.709. The quantitative estimate of drug-likeness (QED) is 0.804. The predicted molar refractivity (Wildman–Crippen MR) is 94.8 cm³/mol. The summed E-state index contributed by atoms with van der Waals surface area (Å²) in [6.07, 6.45) is 0.735. The first kappa shape index (κ1) is 18.7. The number of benzene rings is 1. The highest BCUT2D eigenvalue weighted by molar-refractivity contribution is 5.88. The summed E-state index contributed by atoms with van der Waals surface area (Å²) in [6.45, 7) is 11.0. The van der Waals surface area contributed by atoms with Crippen LogP contribution in [0.5, 0.6) is 5.75 Å². The number of hydrogen-bond acceptors (Lipinski definition) is 4. The molecule has 1 fully saturated rings. The smallest absolute Gasteiger partial charge is 0.241 e. The van der Waals surface area contributed by atoms with E-state index in [4.69, 9.17) is 15.2 Å². The van der Waals surface area contributed by atoms with Crippen molar-refractivity contribution in [3.8, 4) is 5.75 Å². The lowest BCUT2D eigenvalue weighted by Gasteiger charge is -2.57. The van der Waals surface area contributed by atoms with Crippen molar-refractivity contribution in [2.75, 3.05) is 6.61 Å².